The number of alkyl carbamates (subject to hydrolysis) is 1. The average Bonchev–Trinajstić information content (AvgIpc) is 3.19. The van der Waals surface area contributed by atoms with Crippen LogP contribution in [0, 0.1) is 0 Å². The maximum absolute atomic E-state index is 12.5. The molecule has 3 N–H and O–H groups in total. The van der Waals surface area contributed by atoms with Crippen LogP contribution in [-0.2, 0) is 16.1 Å². The van der Waals surface area contributed by atoms with Crippen LogP contribution < -0.4 is 10.6 Å². The molecule has 0 fully saturated rings. The maximum atomic E-state index is 12.5. The number of carbonyl (C=O) groups excluding carboxylic acids is 2. The summed E-state index contributed by atoms with van der Waals surface area (Å²) in [7, 11) is 0. The van der Waals surface area contributed by atoms with Gasteiger partial charge >= 0.3 is 12.1 Å². The van der Waals surface area contributed by atoms with Gasteiger partial charge in [-0.15, -0.1) is 0 Å². The summed E-state index contributed by atoms with van der Waals surface area (Å²) in [5.41, 5.74) is 5.22. The number of carbonyl (C=O) groups is 3. The van der Waals surface area contributed by atoms with E-state index in [0.29, 0.717) is 12.0 Å². The molecule has 2 amide bonds. The van der Waals surface area contributed by atoms with Crippen molar-refractivity contribution in [1.82, 2.24) is 15.6 Å². The van der Waals surface area contributed by atoms with Crippen molar-refractivity contribution in [3.05, 3.63) is 89.2 Å². The second-order valence-electron chi connectivity index (χ2n) is 8.41. The lowest BCUT2D eigenvalue weighted by atomic mass is 9.98. The molecule has 2 aromatic carbocycles. The summed E-state index contributed by atoms with van der Waals surface area (Å²) in [6.07, 6.45) is 1.52. The van der Waals surface area contributed by atoms with Crippen molar-refractivity contribution < 1.29 is 24.2 Å². The normalized spacial score (nSPS) is 12.8. The highest BCUT2D eigenvalue weighted by Crippen LogP contribution is 2.44. The minimum atomic E-state index is -1.11. The fourth-order valence-electron chi connectivity index (χ4n) is 4.26. The molecular weight excluding hydrogens is 446 g/mol. The van der Waals surface area contributed by atoms with Gasteiger partial charge in [0.05, 0.1) is 0 Å². The zero-order valence-electron chi connectivity index (χ0n) is 19.4. The number of ether oxygens (including phenoxy) is 1. The number of carboxylic acid groups (broad SMARTS) is 1. The molecule has 3 aromatic rings. The van der Waals surface area contributed by atoms with E-state index in [1.54, 1.807) is 6.07 Å². The molecule has 0 aliphatic heterocycles. The molecule has 1 aromatic heterocycles. The first-order chi connectivity index (χ1) is 17.0. The van der Waals surface area contributed by atoms with Gasteiger partial charge < -0.3 is 20.5 Å². The van der Waals surface area contributed by atoms with E-state index in [2.05, 4.69) is 39.9 Å². The second-order valence-corrected chi connectivity index (χ2v) is 8.41. The quantitative estimate of drug-likeness (QED) is 0.431. The minimum absolute atomic E-state index is 0.0300. The van der Waals surface area contributed by atoms with Crippen LogP contribution in [0.15, 0.2) is 66.9 Å². The molecule has 180 valence electrons. The SMILES string of the molecule is CC[C@H](CC(=O)NCc1ccc(C(=O)O)nc1)NC(=O)OCC1c2ccccc2-c2ccccc21. The van der Waals surface area contributed by atoms with Crippen molar-refractivity contribution in [2.45, 2.75) is 38.3 Å². The molecule has 35 heavy (non-hydrogen) atoms. The average molecular weight is 474 g/mol. The highest BCUT2D eigenvalue weighted by Gasteiger charge is 2.29. The van der Waals surface area contributed by atoms with Crippen LogP contribution in [0.4, 0.5) is 4.79 Å². The number of benzene rings is 2. The summed E-state index contributed by atoms with van der Waals surface area (Å²) in [6.45, 7) is 2.31. The number of hydrogen-bond acceptors (Lipinski definition) is 5. The first kappa shape index (κ1) is 23.9. The predicted octanol–water partition coefficient (Wildman–Crippen LogP) is 4.10. The lowest BCUT2D eigenvalue weighted by Crippen LogP contribution is -2.39. The third-order valence-corrected chi connectivity index (χ3v) is 6.12. The van der Waals surface area contributed by atoms with Crippen molar-refractivity contribution in [2.24, 2.45) is 0 Å². The van der Waals surface area contributed by atoms with E-state index in [1.165, 1.54) is 12.3 Å². The smallest absolute Gasteiger partial charge is 0.407 e. The van der Waals surface area contributed by atoms with Crippen molar-refractivity contribution in [2.75, 3.05) is 6.61 Å². The van der Waals surface area contributed by atoms with Crippen molar-refractivity contribution in [3.8, 4) is 11.1 Å². The van der Waals surface area contributed by atoms with Gasteiger partial charge in [0.2, 0.25) is 5.91 Å². The van der Waals surface area contributed by atoms with Gasteiger partial charge in [-0.1, -0.05) is 61.5 Å². The number of fused-ring (bicyclic) bond motifs is 3. The van der Waals surface area contributed by atoms with Gasteiger partial charge in [-0.25, -0.2) is 14.6 Å². The van der Waals surface area contributed by atoms with Crippen LogP contribution in [0.1, 0.15) is 52.9 Å². The lowest BCUT2D eigenvalue weighted by Gasteiger charge is -2.19. The van der Waals surface area contributed by atoms with Crippen LogP contribution in [0.3, 0.4) is 0 Å². The number of aromatic carboxylic acids is 1. The number of aromatic nitrogens is 1. The molecule has 1 atom stereocenters. The molecule has 8 nitrogen and oxygen atoms in total. The molecule has 4 rings (SSSR count). The van der Waals surface area contributed by atoms with Crippen molar-refractivity contribution in [3.63, 3.8) is 0 Å². The number of carboxylic acids is 1. The first-order valence-electron chi connectivity index (χ1n) is 11.5. The monoisotopic (exact) mass is 473 g/mol. The summed E-state index contributed by atoms with van der Waals surface area (Å²) < 4.78 is 5.58. The zero-order chi connectivity index (χ0) is 24.8. The Labute approximate surface area is 203 Å². The first-order valence-corrected chi connectivity index (χ1v) is 11.5. The van der Waals surface area contributed by atoms with Gasteiger partial charge in [0.25, 0.3) is 0 Å². The van der Waals surface area contributed by atoms with Crippen molar-refractivity contribution in [1.29, 1.82) is 0 Å². The van der Waals surface area contributed by atoms with E-state index in [1.807, 2.05) is 31.2 Å². The minimum Gasteiger partial charge on any atom is -0.477 e. The van der Waals surface area contributed by atoms with Crippen LogP contribution in [0.25, 0.3) is 11.1 Å². The van der Waals surface area contributed by atoms with E-state index >= 15 is 0 Å². The molecule has 1 aliphatic rings. The van der Waals surface area contributed by atoms with Gasteiger partial charge in [0.1, 0.15) is 12.3 Å². The number of pyridine rings is 1. The summed E-state index contributed by atoms with van der Waals surface area (Å²) >= 11 is 0. The van der Waals surface area contributed by atoms with E-state index in [-0.39, 0.29) is 43.1 Å². The van der Waals surface area contributed by atoms with Crippen LogP contribution in [0.5, 0.6) is 0 Å². The third kappa shape index (κ3) is 5.66. The summed E-state index contributed by atoms with van der Waals surface area (Å²) in [6, 6.07) is 18.9. The number of nitrogens with one attached hydrogen (secondary N) is 2. The van der Waals surface area contributed by atoms with Gasteiger partial charge in [-0.05, 0) is 40.3 Å². The van der Waals surface area contributed by atoms with Crippen LogP contribution in [-0.4, -0.2) is 40.7 Å². The highest BCUT2D eigenvalue weighted by atomic mass is 16.5. The standard InChI is InChI=1S/C27H27N3O5/c1-2-18(13-25(31)29-15-17-11-12-24(26(32)33)28-14-17)30-27(34)35-16-23-21-9-5-3-7-19(21)20-8-4-6-10-22(20)23/h3-12,14,18,23H,2,13,15-16H2,1H3,(H,29,31)(H,30,34)(H,32,33)/t18-/m1/s1. The Morgan fingerprint density at radius 2 is 1.66 bits per heavy atom. The Morgan fingerprint density at radius 1 is 1.00 bits per heavy atom. The summed E-state index contributed by atoms with van der Waals surface area (Å²) in [5, 5.41) is 14.5. The Balaban J connectivity index is 1.27. The number of nitrogens with zero attached hydrogens (tertiary/aromatic N) is 1. The molecule has 0 unspecified atom stereocenters. The molecular formula is C27H27N3O5. The molecule has 1 aliphatic carbocycles. The van der Waals surface area contributed by atoms with Crippen LogP contribution >= 0.6 is 0 Å². The Kier molecular flexibility index (Phi) is 7.40. The summed E-state index contributed by atoms with van der Waals surface area (Å²) in [5.74, 6) is -1.37. The Hall–Kier alpha value is -4.20. The molecule has 1 heterocycles. The third-order valence-electron chi connectivity index (χ3n) is 6.12. The van der Waals surface area contributed by atoms with E-state index in [9.17, 15) is 14.4 Å². The maximum Gasteiger partial charge on any atom is 0.407 e. The van der Waals surface area contributed by atoms with Gasteiger partial charge in [0, 0.05) is 31.1 Å². The van der Waals surface area contributed by atoms with Gasteiger partial charge in [-0.2, -0.15) is 0 Å². The fourth-order valence-corrected chi connectivity index (χ4v) is 4.26. The molecule has 0 saturated carbocycles. The molecule has 0 spiro atoms. The topological polar surface area (TPSA) is 118 Å². The van der Waals surface area contributed by atoms with Crippen molar-refractivity contribution >= 4 is 18.0 Å². The molecule has 0 radical (unpaired) electrons. The van der Waals surface area contributed by atoms with Gasteiger partial charge in [0.15, 0.2) is 0 Å². The molecule has 0 saturated heterocycles. The largest absolute Gasteiger partial charge is 0.477 e. The summed E-state index contributed by atoms with van der Waals surface area (Å²) in [4.78, 5) is 39.6. The Morgan fingerprint density at radius 3 is 2.23 bits per heavy atom. The number of hydrogen-bond donors (Lipinski definition) is 3. The number of amides is 2. The van der Waals surface area contributed by atoms with Crippen LogP contribution in [0.2, 0.25) is 0 Å². The lowest BCUT2D eigenvalue weighted by molar-refractivity contribution is -0.121. The second kappa shape index (κ2) is 10.8. The van der Waals surface area contributed by atoms with Gasteiger partial charge in [-0.3, -0.25) is 4.79 Å². The predicted molar refractivity (Wildman–Crippen MR) is 130 cm³/mol. The number of rotatable bonds is 9. The molecule has 0 bridgehead atoms. The van der Waals surface area contributed by atoms with E-state index in [0.717, 1.165) is 22.3 Å². The van der Waals surface area contributed by atoms with E-state index < -0.39 is 12.1 Å². The Bertz CT molecular complexity index is 1180. The molecule has 8 heteroatoms. The fraction of sp³-hybridized carbons (Fsp3) is 0.259. The van der Waals surface area contributed by atoms with E-state index in [4.69, 9.17) is 9.84 Å². The zero-order valence-corrected chi connectivity index (χ0v) is 19.4. The highest BCUT2D eigenvalue weighted by molar-refractivity contribution is 5.85.